The third-order valence-corrected chi connectivity index (χ3v) is 6.43. The lowest BCUT2D eigenvalue weighted by Gasteiger charge is -2.09. The van der Waals surface area contributed by atoms with Crippen LogP contribution in [0.4, 0.5) is 11.4 Å². The molecule has 0 fully saturated rings. The van der Waals surface area contributed by atoms with E-state index in [-0.39, 0.29) is 21.8 Å². The maximum Gasteiger partial charge on any atom is 0.278 e. The van der Waals surface area contributed by atoms with Crippen LogP contribution in [0, 0.1) is 10.1 Å². The van der Waals surface area contributed by atoms with Crippen LogP contribution < -0.4 is 10.2 Å². The number of amides is 1. The minimum atomic E-state index is -4.05. The molecule has 35 heavy (non-hydrogen) atoms. The van der Waals surface area contributed by atoms with Crippen LogP contribution in [0.5, 0.6) is 0 Å². The third kappa shape index (κ3) is 5.87. The van der Waals surface area contributed by atoms with E-state index in [1.165, 1.54) is 42.5 Å². The number of carbonyl (C=O) groups excluding carboxylic acids is 1. The van der Waals surface area contributed by atoms with Gasteiger partial charge in [0.1, 0.15) is 5.49 Å². The van der Waals surface area contributed by atoms with E-state index in [1.807, 2.05) is 47.2 Å². The fourth-order valence-corrected chi connectivity index (χ4v) is 4.41. The first-order valence-electron chi connectivity index (χ1n) is 10.5. The monoisotopic (exact) mass is 488 g/mol. The van der Waals surface area contributed by atoms with Crippen molar-refractivity contribution in [2.75, 3.05) is 4.72 Å². The number of aromatic nitrogens is 1. The van der Waals surface area contributed by atoms with Crippen molar-refractivity contribution in [3.8, 4) is 0 Å². The minimum Gasteiger partial charge on any atom is -0.328 e. The van der Waals surface area contributed by atoms with E-state index < -0.39 is 20.9 Å². The molecule has 0 aliphatic rings. The van der Waals surface area contributed by atoms with Gasteiger partial charge in [0, 0.05) is 36.1 Å². The molecule has 0 bridgehead atoms. The van der Waals surface area contributed by atoms with E-state index in [4.69, 9.17) is 0 Å². The van der Waals surface area contributed by atoms with Crippen LogP contribution in [0.1, 0.15) is 15.9 Å². The molecule has 0 atom stereocenters. The van der Waals surface area contributed by atoms with Crippen molar-refractivity contribution in [3.05, 3.63) is 130 Å². The number of anilines is 1. The van der Waals surface area contributed by atoms with E-state index in [2.05, 4.69) is 9.71 Å². The topological polar surface area (TPSA) is 124 Å². The second-order valence-electron chi connectivity index (χ2n) is 7.53. The van der Waals surface area contributed by atoms with Gasteiger partial charge in [0.15, 0.2) is 0 Å². The Hall–Kier alpha value is -4.57. The zero-order valence-electron chi connectivity index (χ0n) is 18.3. The quantitative estimate of drug-likeness (QED) is 0.311. The second-order valence-corrected chi connectivity index (χ2v) is 9.21. The van der Waals surface area contributed by atoms with Crippen LogP contribution in [0.2, 0.25) is 0 Å². The number of pyridine rings is 1. The van der Waals surface area contributed by atoms with Crippen molar-refractivity contribution in [2.24, 2.45) is 4.99 Å². The molecule has 3 aromatic carbocycles. The van der Waals surface area contributed by atoms with E-state index in [0.717, 1.165) is 11.6 Å². The molecule has 0 saturated heterocycles. The molecule has 1 N–H and O–H groups in total. The summed E-state index contributed by atoms with van der Waals surface area (Å²) in [6, 6.07) is 25.7. The van der Waals surface area contributed by atoms with Crippen molar-refractivity contribution in [2.45, 2.75) is 11.4 Å². The molecule has 0 aliphatic carbocycles. The maximum absolute atomic E-state index is 12.8. The smallest absolute Gasteiger partial charge is 0.278 e. The fraction of sp³-hybridized carbons (Fsp3) is 0.0400. The number of rotatable bonds is 7. The molecule has 176 valence electrons. The van der Waals surface area contributed by atoms with Gasteiger partial charge in [-0.25, -0.2) is 8.42 Å². The molecule has 0 radical (unpaired) electrons. The van der Waals surface area contributed by atoms with Gasteiger partial charge in [0.05, 0.1) is 9.82 Å². The Kier molecular flexibility index (Phi) is 6.83. The highest BCUT2D eigenvalue weighted by Crippen LogP contribution is 2.21. The van der Waals surface area contributed by atoms with Gasteiger partial charge in [-0.1, -0.05) is 42.5 Å². The molecule has 0 aliphatic heterocycles. The predicted molar refractivity (Wildman–Crippen MR) is 130 cm³/mol. The summed E-state index contributed by atoms with van der Waals surface area (Å²) in [6.45, 7) is 0.548. The van der Waals surface area contributed by atoms with Crippen LogP contribution in [0.25, 0.3) is 0 Å². The summed E-state index contributed by atoms with van der Waals surface area (Å²) in [5.74, 6) is -0.480. The number of nitrogens with one attached hydrogen (secondary N) is 1. The van der Waals surface area contributed by atoms with Gasteiger partial charge in [-0.15, -0.1) is 0 Å². The number of nitro benzene ring substituents is 1. The third-order valence-electron chi connectivity index (χ3n) is 5.05. The molecule has 1 heterocycles. The van der Waals surface area contributed by atoms with Crippen molar-refractivity contribution in [1.29, 1.82) is 0 Å². The molecule has 0 unspecified atom stereocenters. The van der Waals surface area contributed by atoms with Gasteiger partial charge in [-0.05, 0) is 48.0 Å². The highest BCUT2D eigenvalue weighted by Gasteiger charge is 2.18. The molecule has 1 amide bonds. The Morgan fingerprint density at radius 2 is 1.63 bits per heavy atom. The second kappa shape index (κ2) is 10.1. The molecule has 10 heteroatoms. The van der Waals surface area contributed by atoms with Gasteiger partial charge >= 0.3 is 0 Å². The molecule has 0 saturated carbocycles. The highest BCUT2D eigenvalue weighted by molar-refractivity contribution is 7.92. The van der Waals surface area contributed by atoms with Crippen LogP contribution in [0.3, 0.4) is 0 Å². The first-order chi connectivity index (χ1) is 16.8. The first-order valence-corrected chi connectivity index (χ1v) is 12.0. The number of carbonyl (C=O) groups is 1. The summed E-state index contributed by atoms with van der Waals surface area (Å²) < 4.78 is 29.4. The molecule has 4 rings (SSSR count). The lowest BCUT2D eigenvalue weighted by molar-refractivity contribution is -0.385. The van der Waals surface area contributed by atoms with Crippen molar-refractivity contribution >= 4 is 27.3 Å². The summed E-state index contributed by atoms with van der Waals surface area (Å²) in [6.07, 6.45) is 1.84. The Morgan fingerprint density at radius 1 is 0.914 bits per heavy atom. The van der Waals surface area contributed by atoms with Crippen molar-refractivity contribution < 1.29 is 18.1 Å². The summed E-state index contributed by atoms with van der Waals surface area (Å²) in [5.41, 5.74) is 1.69. The Labute approximate surface area is 201 Å². The highest BCUT2D eigenvalue weighted by atomic mass is 32.2. The van der Waals surface area contributed by atoms with E-state index in [1.54, 1.807) is 12.1 Å². The summed E-state index contributed by atoms with van der Waals surface area (Å²) >= 11 is 0. The summed E-state index contributed by atoms with van der Waals surface area (Å²) in [4.78, 5) is 27.0. The van der Waals surface area contributed by atoms with E-state index in [9.17, 15) is 23.3 Å². The van der Waals surface area contributed by atoms with Crippen molar-refractivity contribution in [1.82, 2.24) is 4.57 Å². The standard InChI is InChI=1S/C25H20N4O5S/c30-25(26-24-11-4-5-16-28(24)18-19-7-2-1-3-8-19)20-12-14-21(15-13-20)27-35(33,34)23-10-6-9-22(17-23)29(31)32/h1-17,27H,18H2. The number of nitro groups is 1. The normalized spacial score (nSPS) is 11.7. The Morgan fingerprint density at radius 3 is 2.34 bits per heavy atom. The zero-order chi connectivity index (χ0) is 24.8. The number of benzene rings is 3. The summed E-state index contributed by atoms with van der Waals surface area (Å²) in [5, 5.41) is 10.9. The largest absolute Gasteiger partial charge is 0.328 e. The fourth-order valence-electron chi connectivity index (χ4n) is 3.31. The number of hydrogen-bond acceptors (Lipinski definition) is 5. The number of nitrogens with zero attached hydrogens (tertiary/aromatic N) is 3. The van der Waals surface area contributed by atoms with Crippen LogP contribution in [0.15, 0.2) is 113 Å². The van der Waals surface area contributed by atoms with Gasteiger partial charge < -0.3 is 4.57 Å². The Bertz CT molecular complexity index is 1550. The molecule has 4 aromatic rings. The van der Waals surface area contributed by atoms with E-state index in [0.29, 0.717) is 12.0 Å². The minimum absolute atomic E-state index is 0.201. The predicted octanol–water partition coefficient (Wildman–Crippen LogP) is 3.99. The van der Waals surface area contributed by atoms with E-state index >= 15 is 0 Å². The average Bonchev–Trinajstić information content (AvgIpc) is 2.86. The van der Waals surface area contributed by atoms with Crippen LogP contribution in [-0.2, 0) is 16.6 Å². The van der Waals surface area contributed by atoms with Crippen molar-refractivity contribution in [3.63, 3.8) is 0 Å². The molecule has 9 nitrogen and oxygen atoms in total. The molecule has 0 spiro atoms. The van der Waals surface area contributed by atoms with Crippen LogP contribution in [-0.4, -0.2) is 23.8 Å². The zero-order valence-corrected chi connectivity index (χ0v) is 19.1. The number of sulfonamides is 1. The lowest BCUT2D eigenvalue weighted by Crippen LogP contribution is -2.22. The molecular formula is C25H20N4O5S. The molecular weight excluding hydrogens is 468 g/mol. The average molecular weight is 489 g/mol. The van der Waals surface area contributed by atoms with Gasteiger partial charge in [0.2, 0.25) is 0 Å². The summed E-state index contributed by atoms with van der Waals surface area (Å²) in [7, 11) is -4.05. The number of hydrogen-bond donors (Lipinski definition) is 1. The first kappa shape index (κ1) is 23.6. The number of non-ortho nitro benzene ring substituents is 1. The SMILES string of the molecule is O=C(N=c1ccccn1Cc1ccccc1)c1ccc(NS(=O)(=O)c2cccc([N+](=O)[O-])c2)cc1. The van der Waals surface area contributed by atoms with Crippen LogP contribution >= 0.6 is 0 Å². The molecule has 1 aromatic heterocycles. The maximum atomic E-state index is 12.8. The lowest BCUT2D eigenvalue weighted by atomic mass is 10.2. The van der Waals surface area contributed by atoms with Gasteiger partial charge in [-0.3, -0.25) is 19.6 Å². The van der Waals surface area contributed by atoms with Gasteiger partial charge in [0.25, 0.3) is 21.6 Å². The van der Waals surface area contributed by atoms with Gasteiger partial charge in [-0.2, -0.15) is 4.99 Å². The Balaban J connectivity index is 1.53.